The van der Waals surface area contributed by atoms with Crippen molar-refractivity contribution >= 4 is 12.0 Å². The van der Waals surface area contributed by atoms with E-state index in [1.54, 1.807) is 43.8 Å². The number of furan rings is 1. The molecule has 0 atom stereocenters. The maximum atomic E-state index is 11.9. The zero-order valence-corrected chi connectivity index (χ0v) is 11.6. The van der Waals surface area contributed by atoms with E-state index in [1.807, 2.05) is 0 Å². The number of carbonyl (C=O) groups is 2. The molecule has 0 aliphatic rings. The largest absolute Gasteiger partial charge is 0.478 e. The standard InChI is InChI=1S/C15H16N2O4/c1-17(9-12-5-6-21-10-12)15(20)16-8-11-3-2-4-13(7-11)14(18)19/h2-7,10H,8-9H2,1H3,(H,16,20)(H,18,19). The number of nitrogens with zero attached hydrogens (tertiary/aromatic N) is 1. The summed E-state index contributed by atoms with van der Waals surface area (Å²) in [6, 6.07) is 8.03. The number of benzene rings is 1. The Kier molecular flexibility index (Phi) is 4.61. The van der Waals surface area contributed by atoms with Gasteiger partial charge in [-0.15, -0.1) is 0 Å². The van der Waals surface area contributed by atoms with Crippen LogP contribution in [0.15, 0.2) is 47.3 Å². The Morgan fingerprint density at radius 3 is 2.76 bits per heavy atom. The van der Waals surface area contributed by atoms with Gasteiger partial charge in [0, 0.05) is 19.2 Å². The topological polar surface area (TPSA) is 82.8 Å². The van der Waals surface area contributed by atoms with Crippen molar-refractivity contribution in [2.75, 3.05) is 7.05 Å². The lowest BCUT2D eigenvalue weighted by Gasteiger charge is -2.17. The number of rotatable bonds is 5. The number of hydrogen-bond donors (Lipinski definition) is 2. The molecule has 0 unspecified atom stereocenters. The van der Waals surface area contributed by atoms with E-state index >= 15 is 0 Å². The predicted octanol–water partition coefficient (Wildman–Crippen LogP) is 2.32. The van der Waals surface area contributed by atoms with Gasteiger partial charge in [0.15, 0.2) is 0 Å². The van der Waals surface area contributed by atoms with E-state index in [1.165, 1.54) is 11.0 Å². The lowest BCUT2D eigenvalue weighted by Crippen LogP contribution is -2.36. The third kappa shape index (κ3) is 4.10. The van der Waals surface area contributed by atoms with E-state index in [4.69, 9.17) is 9.52 Å². The molecule has 0 spiro atoms. The third-order valence-corrected chi connectivity index (χ3v) is 2.96. The van der Waals surface area contributed by atoms with E-state index in [9.17, 15) is 9.59 Å². The van der Waals surface area contributed by atoms with Gasteiger partial charge in [0.05, 0.1) is 24.6 Å². The monoisotopic (exact) mass is 288 g/mol. The molecule has 1 heterocycles. The Morgan fingerprint density at radius 2 is 2.10 bits per heavy atom. The van der Waals surface area contributed by atoms with Gasteiger partial charge in [-0.05, 0) is 23.8 Å². The van der Waals surface area contributed by atoms with Gasteiger partial charge in [0.25, 0.3) is 0 Å². The molecule has 0 radical (unpaired) electrons. The summed E-state index contributed by atoms with van der Waals surface area (Å²) < 4.78 is 4.95. The lowest BCUT2D eigenvalue weighted by molar-refractivity contribution is 0.0696. The molecule has 2 amide bonds. The highest BCUT2D eigenvalue weighted by Gasteiger charge is 2.10. The smallest absolute Gasteiger partial charge is 0.335 e. The first-order valence-electron chi connectivity index (χ1n) is 6.38. The van der Waals surface area contributed by atoms with Crippen molar-refractivity contribution in [3.63, 3.8) is 0 Å². The summed E-state index contributed by atoms with van der Waals surface area (Å²) in [5.74, 6) is -0.986. The normalized spacial score (nSPS) is 10.1. The second kappa shape index (κ2) is 6.60. The number of nitrogens with one attached hydrogen (secondary N) is 1. The fourth-order valence-corrected chi connectivity index (χ4v) is 1.86. The molecule has 6 nitrogen and oxygen atoms in total. The molecular weight excluding hydrogens is 272 g/mol. The molecule has 2 N–H and O–H groups in total. The van der Waals surface area contributed by atoms with E-state index in [2.05, 4.69) is 5.32 Å². The van der Waals surface area contributed by atoms with Gasteiger partial charge >= 0.3 is 12.0 Å². The third-order valence-electron chi connectivity index (χ3n) is 2.96. The minimum atomic E-state index is -0.986. The first-order valence-corrected chi connectivity index (χ1v) is 6.38. The van der Waals surface area contributed by atoms with Crippen LogP contribution in [0.2, 0.25) is 0 Å². The molecule has 0 saturated carbocycles. The van der Waals surface area contributed by atoms with Gasteiger partial charge < -0.3 is 19.7 Å². The number of carboxylic acid groups (broad SMARTS) is 1. The van der Waals surface area contributed by atoms with Gasteiger partial charge in [-0.2, -0.15) is 0 Å². The quantitative estimate of drug-likeness (QED) is 0.884. The molecule has 0 aliphatic heterocycles. The van der Waals surface area contributed by atoms with Gasteiger partial charge in [-0.25, -0.2) is 9.59 Å². The van der Waals surface area contributed by atoms with Crippen molar-refractivity contribution in [1.82, 2.24) is 10.2 Å². The first-order chi connectivity index (χ1) is 10.1. The summed E-state index contributed by atoms with van der Waals surface area (Å²) in [5, 5.41) is 11.7. The summed E-state index contributed by atoms with van der Waals surface area (Å²) in [7, 11) is 1.68. The zero-order valence-electron chi connectivity index (χ0n) is 11.6. The maximum Gasteiger partial charge on any atom is 0.335 e. The molecular formula is C15H16N2O4. The summed E-state index contributed by atoms with van der Waals surface area (Å²) >= 11 is 0. The van der Waals surface area contributed by atoms with Crippen LogP contribution in [-0.2, 0) is 13.1 Å². The average Bonchev–Trinajstić information content (AvgIpc) is 2.97. The van der Waals surface area contributed by atoms with Crippen LogP contribution in [-0.4, -0.2) is 29.1 Å². The second-order valence-corrected chi connectivity index (χ2v) is 4.65. The van der Waals surface area contributed by atoms with E-state index < -0.39 is 5.97 Å². The van der Waals surface area contributed by atoms with Crippen LogP contribution in [0.5, 0.6) is 0 Å². The molecule has 2 rings (SSSR count). The van der Waals surface area contributed by atoms with Crippen LogP contribution in [0.4, 0.5) is 4.79 Å². The van der Waals surface area contributed by atoms with Crippen LogP contribution in [0.1, 0.15) is 21.5 Å². The number of amides is 2. The van der Waals surface area contributed by atoms with Crippen LogP contribution in [0, 0.1) is 0 Å². The predicted molar refractivity (Wildman–Crippen MR) is 75.8 cm³/mol. The molecule has 0 bridgehead atoms. The maximum absolute atomic E-state index is 11.9. The molecule has 6 heteroatoms. The highest BCUT2D eigenvalue weighted by atomic mass is 16.4. The van der Waals surface area contributed by atoms with Crippen LogP contribution < -0.4 is 5.32 Å². The van der Waals surface area contributed by atoms with Gasteiger partial charge in [-0.1, -0.05) is 12.1 Å². The summed E-state index contributed by atoms with van der Waals surface area (Å²) in [6.07, 6.45) is 3.14. The molecule has 110 valence electrons. The molecule has 2 aromatic rings. The number of hydrogen-bond acceptors (Lipinski definition) is 3. The SMILES string of the molecule is CN(Cc1ccoc1)C(=O)NCc1cccc(C(=O)O)c1. The molecule has 0 saturated heterocycles. The molecule has 1 aromatic heterocycles. The lowest BCUT2D eigenvalue weighted by atomic mass is 10.1. The van der Waals surface area contributed by atoms with Crippen molar-refractivity contribution < 1.29 is 19.1 Å². The second-order valence-electron chi connectivity index (χ2n) is 4.65. The van der Waals surface area contributed by atoms with Crippen LogP contribution in [0.3, 0.4) is 0 Å². The molecule has 21 heavy (non-hydrogen) atoms. The van der Waals surface area contributed by atoms with Crippen molar-refractivity contribution in [3.05, 3.63) is 59.5 Å². The zero-order chi connectivity index (χ0) is 15.2. The fraction of sp³-hybridized carbons (Fsp3) is 0.200. The first kappa shape index (κ1) is 14.6. The summed E-state index contributed by atoms with van der Waals surface area (Å²) in [5.41, 5.74) is 1.84. The van der Waals surface area contributed by atoms with Crippen molar-refractivity contribution in [2.45, 2.75) is 13.1 Å². The van der Waals surface area contributed by atoms with E-state index in [0.717, 1.165) is 11.1 Å². The highest BCUT2D eigenvalue weighted by Crippen LogP contribution is 2.06. The van der Waals surface area contributed by atoms with Crippen LogP contribution in [0.25, 0.3) is 0 Å². The van der Waals surface area contributed by atoms with E-state index in [-0.39, 0.29) is 18.1 Å². The minimum absolute atomic E-state index is 0.202. The Labute approximate surface area is 122 Å². The van der Waals surface area contributed by atoms with Crippen molar-refractivity contribution in [1.29, 1.82) is 0 Å². The van der Waals surface area contributed by atoms with Gasteiger partial charge in [0.1, 0.15) is 0 Å². The van der Waals surface area contributed by atoms with Crippen LogP contribution >= 0.6 is 0 Å². The number of carboxylic acids is 1. The van der Waals surface area contributed by atoms with Gasteiger partial charge in [0.2, 0.25) is 0 Å². The fourth-order valence-electron chi connectivity index (χ4n) is 1.86. The number of aromatic carboxylic acids is 1. The number of urea groups is 1. The Balaban J connectivity index is 1.88. The van der Waals surface area contributed by atoms with Gasteiger partial charge in [-0.3, -0.25) is 0 Å². The van der Waals surface area contributed by atoms with Crippen molar-refractivity contribution in [2.24, 2.45) is 0 Å². The highest BCUT2D eigenvalue weighted by molar-refractivity contribution is 5.87. The minimum Gasteiger partial charge on any atom is -0.478 e. The molecule has 1 aromatic carbocycles. The number of carbonyl (C=O) groups excluding carboxylic acids is 1. The van der Waals surface area contributed by atoms with Crippen molar-refractivity contribution in [3.8, 4) is 0 Å². The molecule has 0 fully saturated rings. The summed E-state index contributed by atoms with van der Waals surface area (Å²) in [6.45, 7) is 0.715. The summed E-state index contributed by atoms with van der Waals surface area (Å²) in [4.78, 5) is 24.3. The Morgan fingerprint density at radius 1 is 1.29 bits per heavy atom. The Bertz CT molecular complexity index is 622. The Hall–Kier alpha value is -2.76. The average molecular weight is 288 g/mol. The van der Waals surface area contributed by atoms with E-state index in [0.29, 0.717) is 6.54 Å². The molecule has 0 aliphatic carbocycles.